The molecular formula is C10H16N4. The third-order valence-electron chi connectivity index (χ3n) is 2.56. The second kappa shape index (κ2) is 3.92. The highest BCUT2D eigenvalue weighted by molar-refractivity contribution is 5.22. The highest BCUT2D eigenvalue weighted by atomic mass is 15.2. The molecule has 4 heteroatoms. The van der Waals surface area contributed by atoms with Crippen LogP contribution in [0.2, 0.25) is 0 Å². The molecule has 2 N–H and O–H groups in total. The second-order valence-corrected chi connectivity index (χ2v) is 3.73. The normalized spacial score (nSPS) is 16.1. The van der Waals surface area contributed by atoms with Gasteiger partial charge in [-0.05, 0) is 19.4 Å². The standard InChI is InChI=1S/C10H16N4/c1-2-14(9-3-4-9)7-8-5-13-10(11)6-12-8/h5-6,9H,2-4,7H2,1H3,(H2,11,13). The van der Waals surface area contributed by atoms with Gasteiger partial charge in [0.25, 0.3) is 0 Å². The Morgan fingerprint density at radius 3 is 2.71 bits per heavy atom. The molecule has 14 heavy (non-hydrogen) atoms. The van der Waals surface area contributed by atoms with Crippen LogP contribution in [0, 0.1) is 0 Å². The molecule has 1 aromatic rings. The molecule has 1 aliphatic carbocycles. The number of aromatic nitrogens is 2. The molecule has 1 saturated carbocycles. The van der Waals surface area contributed by atoms with Gasteiger partial charge < -0.3 is 5.73 Å². The largest absolute Gasteiger partial charge is 0.382 e. The zero-order chi connectivity index (χ0) is 9.97. The molecule has 0 spiro atoms. The van der Waals surface area contributed by atoms with Gasteiger partial charge in [-0.2, -0.15) is 0 Å². The number of anilines is 1. The summed E-state index contributed by atoms with van der Waals surface area (Å²) < 4.78 is 0. The first-order chi connectivity index (χ1) is 6.79. The summed E-state index contributed by atoms with van der Waals surface area (Å²) in [4.78, 5) is 10.7. The molecule has 0 aliphatic heterocycles. The van der Waals surface area contributed by atoms with Crippen molar-refractivity contribution in [2.24, 2.45) is 0 Å². The molecule has 2 rings (SSSR count). The van der Waals surface area contributed by atoms with Crippen molar-refractivity contribution in [3.63, 3.8) is 0 Å². The average molecular weight is 192 g/mol. The van der Waals surface area contributed by atoms with E-state index in [4.69, 9.17) is 5.73 Å². The van der Waals surface area contributed by atoms with Crippen LogP contribution in [-0.4, -0.2) is 27.5 Å². The molecule has 0 bridgehead atoms. The van der Waals surface area contributed by atoms with Crippen molar-refractivity contribution in [2.45, 2.75) is 32.4 Å². The van der Waals surface area contributed by atoms with E-state index in [1.54, 1.807) is 12.4 Å². The van der Waals surface area contributed by atoms with E-state index in [2.05, 4.69) is 21.8 Å². The van der Waals surface area contributed by atoms with Crippen LogP contribution in [0.5, 0.6) is 0 Å². The van der Waals surface area contributed by atoms with Crippen LogP contribution < -0.4 is 5.73 Å². The molecule has 1 aliphatic rings. The van der Waals surface area contributed by atoms with Gasteiger partial charge in [-0.3, -0.25) is 9.88 Å². The lowest BCUT2D eigenvalue weighted by atomic mass is 10.3. The van der Waals surface area contributed by atoms with Crippen LogP contribution >= 0.6 is 0 Å². The molecule has 1 fully saturated rings. The molecule has 1 heterocycles. The van der Waals surface area contributed by atoms with E-state index in [-0.39, 0.29) is 0 Å². The highest BCUT2D eigenvalue weighted by Gasteiger charge is 2.27. The fourth-order valence-corrected chi connectivity index (χ4v) is 1.59. The van der Waals surface area contributed by atoms with Crippen molar-refractivity contribution in [1.29, 1.82) is 0 Å². The summed E-state index contributed by atoms with van der Waals surface area (Å²) in [5.41, 5.74) is 6.48. The Morgan fingerprint density at radius 1 is 1.43 bits per heavy atom. The van der Waals surface area contributed by atoms with Crippen molar-refractivity contribution >= 4 is 5.82 Å². The first-order valence-corrected chi connectivity index (χ1v) is 5.10. The molecule has 0 amide bonds. The SMILES string of the molecule is CCN(Cc1cnc(N)cn1)C1CC1. The molecule has 1 aromatic heterocycles. The van der Waals surface area contributed by atoms with Crippen LogP contribution in [-0.2, 0) is 6.54 Å². The Balaban J connectivity index is 1.98. The molecule has 0 atom stereocenters. The van der Waals surface area contributed by atoms with Crippen molar-refractivity contribution in [2.75, 3.05) is 12.3 Å². The van der Waals surface area contributed by atoms with Crippen molar-refractivity contribution in [1.82, 2.24) is 14.9 Å². The number of hydrogen-bond donors (Lipinski definition) is 1. The lowest BCUT2D eigenvalue weighted by Gasteiger charge is -2.18. The first-order valence-electron chi connectivity index (χ1n) is 5.10. The van der Waals surface area contributed by atoms with E-state index in [1.165, 1.54) is 12.8 Å². The van der Waals surface area contributed by atoms with E-state index in [0.717, 1.165) is 24.8 Å². The summed E-state index contributed by atoms with van der Waals surface area (Å²) in [6.07, 6.45) is 6.04. The third-order valence-corrected chi connectivity index (χ3v) is 2.56. The maximum absolute atomic E-state index is 5.47. The van der Waals surface area contributed by atoms with Crippen LogP contribution in [0.3, 0.4) is 0 Å². The average Bonchev–Trinajstić information content (AvgIpc) is 3.01. The zero-order valence-electron chi connectivity index (χ0n) is 8.48. The van der Waals surface area contributed by atoms with Crippen molar-refractivity contribution in [3.8, 4) is 0 Å². The van der Waals surface area contributed by atoms with Gasteiger partial charge in [0.15, 0.2) is 0 Å². The Bertz CT molecular complexity index is 291. The predicted molar refractivity (Wildman–Crippen MR) is 55.6 cm³/mol. The minimum atomic E-state index is 0.489. The lowest BCUT2D eigenvalue weighted by Crippen LogP contribution is -2.25. The Kier molecular flexibility index (Phi) is 2.63. The number of hydrogen-bond acceptors (Lipinski definition) is 4. The molecule has 0 unspecified atom stereocenters. The van der Waals surface area contributed by atoms with E-state index in [0.29, 0.717) is 5.82 Å². The summed E-state index contributed by atoms with van der Waals surface area (Å²) in [6.45, 7) is 4.16. The van der Waals surface area contributed by atoms with Crippen molar-refractivity contribution in [3.05, 3.63) is 18.1 Å². The van der Waals surface area contributed by atoms with Crippen LogP contribution in [0.1, 0.15) is 25.5 Å². The Labute approximate surface area is 84.2 Å². The maximum Gasteiger partial charge on any atom is 0.141 e. The van der Waals surface area contributed by atoms with Gasteiger partial charge in [-0.1, -0.05) is 6.92 Å². The van der Waals surface area contributed by atoms with Crippen molar-refractivity contribution < 1.29 is 0 Å². The smallest absolute Gasteiger partial charge is 0.141 e. The van der Waals surface area contributed by atoms with Crippen LogP contribution in [0.4, 0.5) is 5.82 Å². The second-order valence-electron chi connectivity index (χ2n) is 3.73. The van der Waals surface area contributed by atoms with Gasteiger partial charge in [-0.25, -0.2) is 4.98 Å². The third kappa shape index (κ3) is 2.20. The van der Waals surface area contributed by atoms with Crippen LogP contribution in [0.15, 0.2) is 12.4 Å². The summed E-state index contributed by atoms with van der Waals surface area (Å²) in [6, 6.07) is 0.777. The lowest BCUT2D eigenvalue weighted by molar-refractivity contribution is 0.266. The van der Waals surface area contributed by atoms with E-state index >= 15 is 0 Å². The van der Waals surface area contributed by atoms with Gasteiger partial charge in [-0.15, -0.1) is 0 Å². The number of rotatable bonds is 4. The molecule has 0 radical (unpaired) electrons. The van der Waals surface area contributed by atoms with Crippen LogP contribution in [0.25, 0.3) is 0 Å². The minimum absolute atomic E-state index is 0.489. The molecule has 4 nitrogen and oxygen atoms in total. The predicted octanol–water partition coefficient (Wildman–Crippen LogP) is 1.04. The fourth-order valence-electron chi connectivity index (χ4n) is 1.59. The summed E-state index contributed by atoms with van der Waals surface area (Å²) in [5.74, 6) is 0.489. The van der Waals surface area contributed by atoms with Gasteiger partial charge in [0, 0.05) is 12.6 Å². The Morgan fingerprint density at radius 2 is 2.21 bits per heavy atom. The summed E-state index contributed by atoms with van der Waals surface area (Å²) >= 11 is 0. The molecule has 0 saturated heterocycles. The fraction of sp³-hybridized carbons (Fsp3) is 0.600. The van der Waals surface area contributed by atoms with Gasteiger partial charge in [0.2, 0.25) is 0 Å². The molecule has 0 aromatic carbocycles. The molecule has 76 valence electrons. The number of nitrogens with zero attached hydrogens (tertiary/aromatic N) is 3. The zero-order valence-corrected chi connectivity index (χ0v) is 8.48. The highest BCUT2D eigenvalue weighted by Crippen LogP contribution is 2.27. The first kappa shape index (κ1) is 9.40. The molecular weight excluding hydrogens is 176 g/mol. The van der Waals surface area contributed by atoms with E-state index in [1.807, 2.05) is 0 Å². The summed E-state index contributed by atoms with van der Waals surface area (Å²) in [5, 5.41) is 0. The van der Waals surface area contributed by atoms with E-state index in [9.17, 15) is 0 Å². The number of nitrogen functional groups attached to an aromatic ring is 1. The monoisotopic (exact) mass is 192 g/mol. The maximum atomic E-state index is 5.47. The topological polar surface area (TPSA) is 55.0 Å². The minimum Gasteiger partial charge on any atom is -0.382 e. The van der Waals surface area contributed by atoms with Gasteiger partial charge >= 0.3 is 0 Å². The van der Waals surface area contributed by atoms with Gasteiger partial charge in [0.1, 0.15) is 5.82 Å². The summed E-state index contributed by atoms with van der Waals surface area (Å²) in [7, 11) is 0. The number of nitrogens with two attached hydrogens (primary N) is 1. The Hall–Kier alpha value is -1.16. The van der Waals surface area contributed by atoms with Gasteiger partial charge in [0.05, 0.1) is 18.1 Å². The quantitative estimate of drug-likeness (QED) is 0.774. The van der Waals surface area contributed by atoms with E-state index < -0.39 is 0 Å².